The van der Waals surface area contributed by atoms with Gasteiger partial charge >= 0.3 is 5.97 Å². The number of nitrogens with one attached hydrogen (secondary N) is 1. The van der Waals surface area contributed by atoms with Gasteiger partial charge in [-0.3, -0.25) is 9.59 Å². The molecule has 2 heterocycles. The standard InChI is InChI=1S/C19H22N4O4S3/c1-22(2)19(28)30-9-11-8-29-17-13(16(25)23(17)14(11)18(26)27)21-15(24)12(20)10-6-4-3-5-7-10/h3-8,12-14,17H,9,20H2,1-2H3,(H,21,24)(H,26,27)/t12?,13?,14?,17-/m0/s1. The van der Waals surface area contributed by atoms with Crippen LogP contribution in [0.3, 0.4) is 0 Å². The van der Waals surface area contributed by atoms with Crippen LogP contribution in [-0.2, 0) is 14.4 Å². The third-order valence-electron chi connectivity index (χ3n) is 4.77. The topological polar surface area (TPSA) is 116 Å². The van der Waals surface area contributed by atoms with Crippen molar-refractivity contribution >= 4 is 57.8 Å². The zero-order valence-electron chi connectivity index (χ0n) is 16.3. The number of rotatable bonds is 6. The first kappa shape index (κ1) is 22.6. The summed E-state index contributed by atoms with van der Waals surface area (Å²) in [7, 11) is 3.63. The SMILES string of the molecule is CN(C)C(=S)SCC1=CS[C@H]2C(NC(=O)C(N)c3ccccc3)C(=O)N2C1C(=O)O. The van der Waals surface area contributed by atoms with E-state index < -0.39 is 41.3 Å². The lowest BCUT2D eigenvalue weighted by atomic mass is 9.98. The molecular weight excluding hydrogens is 444 g/mol. The highest BCUT2D eigenvalue weighted by Crippen LogP contribution is 2.41. The van der Waals surface area contributed by atoms with Crippen LogP contribution >= 0.6 is 35.7 Å². The predicted octanol–water partition coefficient (Wildman–Crippen LogP) is 1.00. The summed E-state index contributed by atoms with van der Waals surface area (Å²) in [5.74, 6) is -1.65. The van der Waals surface area contributed by atoms with E-state index in [1.165, 1.54) is 28.4 Å². The van der Waals surface area contributed by atoms with Crippen LogP contribution in [0.2, 0.25) is 0 Å². The number of carboxylic acids is 1. The van der Waals surface area contributed by atoms with Gasteiger partial charge in [0.25, 0.3) is 0 Å². The van der Waals surface area contributed by atoms with Gasteiger partial charge in [0.05, 0.1) is 0 Å². The van der Waals surface area contributed by atoms with Gasteiger partial charge in [0.2, 0.25) is 11.8 Å². The second-order valence-electron chi connectivity index (χ2n) is 7.03. The molecule has 0 saturated carbocycles. The van der Waals surface area contributed by atoms with Crippen molar-refractivity contribution in [3.8, 4) is 0 Å². The number of amides is 2. The van der Waals surface area contributed by atoms with Crippen LogP contribution in [0.25, 0.3) is 0 Å². The Labute approximate surface area is 188 Å². The van der Waals surface area contributed by atoms with Gasteiger partial charge < -0.3 is 26.0 Å². The van der Waals surface area contributed by atoms with Crippen LogP contribution < -0.4 is 11.1 Å². The van der Waals surface area contributed by atoms with Crippen LogP contribution in [0.1, 0.15) is 11.6 Å². The second-order valence-corrected chi connectivity index (χ2v) is 9.63. The molecule has 0 aromatic heterocycles. The van der Waals surface area contributed by atoms with Crippen molar-refractivity contribution < 1.29 is 19.5 Å². The lowest BCUT2D eigenvalue weighted by Gasteiger charge is -2.51. The van der Waals surface area contributed by atoms with Gasteiger partial charge in [0, 0.05) is 19.8 Å². The quantitative estimate of drug-likeness (QED) is 0.417. The number of hydrogen-bond donors (Lipinski definition) is 3. The fourth-order valence-corrected chi connectivity index (χ4v) is 5.45. The molecule has 3 rings (SSSR count). The maximum atomic E-state index is 12.7. The average molecular weight is 467 g/mol. The van der Waals surface area contributed by atoms with Gasteiger partial charge in [-0.1, -0.05) is 54.3 Å². The molecule has 4 N–H and O–H groups in total. The zero-order chi connectivity index (χ0) is 22.0. The number of benzene rings is 1. The minimum absolute atomic E-state index is 0.368. The molecule has 1 saturated heterocycles. The molecule has 2 aliphatic heterocycles. The summed E-state index contributed by atoms with van der Waals surface area (Å²) in [6.07, 6.45) is 0. The van der Waals surface area contributed by atoms with E-state index in [0.29, 0.717) is 21.2 Å². The summed E-state index contributed by atoms with van der Waals surface area (Å²) in [5, 5.41) is 13.7. The molecule has 4 atom stereocenters. The highest BCUT2D eigenvalue weighted by Gasteiger charge is 2.56. The van der Waals surface area contributed by atoms with Crippen LogP contribution in [0.4, 0.5) is 0 Å². The van der Waals surface area contributed by atoms with Crippen molar-refractivity contribution in [2.24, 2.45) is 5.73 Å². The number of thiocarbonyl (C=S) groups is 1. The Hall–Kier alpha value is -2.08. The summed E-state index contributed by atoms with van der Waals surface area (Å²) < 4.78 is 0.627. The molecule has 0 spiro atoms. The number of carbonyl (C=O) groups excluding carboxylic acids is 2. The normalized spacial score (nSPS) is 23.6. The lowest BCUT2D eigenvalue weighted by Crippen LogP contribution is -2.74. The van der Waals surface area contributed by atoms with E-state index in [0.717, 1.165) is 0 Å². The van der Waals surface area contributed by atoms with E-state index in [-0.39, 0.29) is 0 Å². The van der Waals surface area contributed by atoms with Crippen LogP contribution in [-0.4, -0.2) is 74.3 Å². The largest absolute Gasteiger partial charge is 0.479 e. The Morgan fingerprint density at radius 3 is 2.63 bits per heavy atom. The van der Waals surface area contributed by atoms with Gasteiger partial charge in [-0.25, -0.2) is 4.79 Å². The fraction of sp³-hybridized carbons (Fsp3) is 0.368. The number of carboxylic acid groups (broad SMARTS) is 1. The van der Waals surface area contributed by atoms with Crippen molar-refractivity contribution in [3.63, 3.8) is 0 Å². The Morgan fingerprint density at radius 1 is 1.37 bits per heavy atom. The monoisotopic (exact) mass is 466 g/mol. The zero-order valence-corrected chi connectivity index (χ0v) is 18.8. The van der Waals surface area contributed by atoms with Crippen molar-refractivity contribution in [1.82, 2.24) is 15.1 Å². The maximum Gasteiger partial charge on any atom is 0.330 e. The van der Waals surface area contributed by atoms with Crippen molar-refractivity contribution in [2.45, 2.75) is 23.5 Å². The molecule has 0 radical (unpaired) electrons. The molecule has 0 aliphatic carbocycles. The molecule has 8 nitrogen and oxygen atoms in total. The molecule has 1 aromatic rings. The van der Waals surface area contributed by atoms with E-state index in [4.69, 9.17) is 18.0 Å². The highest BCUT2D eigenvalue weighted by atomic mass is 32.2. The summed E-state index contributed by atoms with van der Waals surface area (Å²) in [5.41, 5.74) is 7.23. The Balaban J connectivity index is 1.69. The van der Waals surface area contributed by atoms with Crippen LogP contribution in [0.15, 0.2) is 41.3 Å². The molecule has 0 bridgehead atoms. The number of hydrogen-bond acceptors (Lipinski definition) is 7. The number of β-lactam (4-membered cyclic amide) rings is 1. The van der Waals surface area contributed by atoms with Gasteiger partial charge in [0.15, 0.2) is 6.04 Å². The van der Waals surface area contributed by atoms with Gasteiger partial charge in [0.1, 0.15) is 21.8 Å². The van der Waals surface area contributed by atoms with Crippen LogP contribution in [0, 0.1) is 0 Å². The number of aliphatic carboxylic acids is 1. The average Bonchev–Trinajstić information content (AvgIpc) is 2.74. The number of carbonyl (C=O) groups is 3. The Bertz CT molecular complexity index is 893. The molecule has 1 fully saturated rings. The summed E-state index contributed by atoms with van der Waals surface area (Å²) in [4.78, 5) is 40.2. The summed E-state index contributed by atoms with van der Waals surface area (Å²) in [6.45, 7) is 0. The summed E-state index contributed by atoms with van der Waals surface area (Å²) >= 11 is 7.90. The van der Waals surface area contributed by atoms with Gasteiger partial charge in [-0.2, -0.15) is 0 Å². The number of fused-ring (bicyclic) bond motifs is 1. The fourth-order valence-electron chi connectivity index (χ4n) is 3.16. The maximum absolute atomic E-state index is 12.7. The summed E-state index contributed by atoms with van der Waals surface area (Å²) in [6, 6.07) is 6.05. The third kappa shape index (κ3) is 4.48. The second kappa shape index (κ2) is 9.38. The van der Waals surface area contributed by atoms with E-state index in [9.17, 15) is 19.5 Å². The van der Waals surface area contributed by atoms with Gasteiger partial charge in [-0.15, -0.1) is 11.8 Å². The number of thioether (sulfide) groups is 2. The Morgan fingerprint density at radius 2 is 2.03 bits per heavy atom. The predicted molar refractivity (Wildman–Crippen MR) is 122 cm³/mol. The van der Waals surface area contributed by atoms with E-state index in [1.807, 2.05) is 20.2 Å². The van der Waals surface area contributed by atoms with E-state index in [1.54, 1.807) is 34.6 Å². The van der Waals surface area contributed by atoms with E-state index in [2.05, 4.69) is 5.32 Å². The first-order valence-electron chi connectivity index (χ1n) is 9.06. The van der Waals surface area contributed by atoms with E-state index >= 15 is 0 Å². The first-order valence-corrected chi connectivity index (χ1v) is 11.4. The molecule has 160 valence electrons. The smallest absolute Gasteiger partial charge is 0.330 e. The number of nitrogens with zero attached hydrogens (tertiary/aromatic N) is 2. The minimum Gasteiger partial charge on any atom is -0.479 e. The molecular formula is C19H22N4O4S3. The molecule has 30 heavy (non-hydrogen) atoms. The minimum atomic E-state index is -1.11. The number of nitrogens with two attached hydrogens (primary N) is 1. The van der Waals surface area contributed by atoms with Crippen LogP contribution in [0.5, 0.6) is 0 Å². The van der Waals surface area contributed by atoms with Gasteiger partial charge in [-0.05, 0) is 16.5 Å². The third-order valence-corrected chi connectivity index (χ3v) is 7.79. The molecule has 2 amide bonds. The molecule has 11 heteroatoms. The van der Waals surface area contributed by atoms with Crippen molar-refractivity contribution in [2.75, 3.05) is 19.8 Å². The lowest BCUT2D eigenvalue weighted by molar-refractivity contribution is -0.160. The Kier molecular flexibility index (Phi) is 7.06. The molecule has 2 aliphatic rings. The highest BCUT2D eigenvalue weighted by molar-refractivity contribution is 8.23. The van der Waals surface area contributed by atoms with Crippen molar-refractivity contribution in [3.05, 3.63) is 46.9 Å². The first-order chi connectivity index (χ1) is 14.2. The molecule has 1 aromatic carbocycles. The van der Waals surface area contributed by atoms with Crippen molar-refractivity contribution in [1.29, 1.82) is 0 Å². The molecule has 3 unspecified atom stereocenters.